The molecule has 1 aromatic carbocycles. The third-order valence-corrected chi connectivity index (χ3v) is 3.25. The van der Waals surface area contributed by atoms with Crippen LogP contribution in [0.15, 0.2) is 24.3 Å². The SMILES string of the molecule is O=C(O)N1CCC(Cc2ccc(Cl)cc2)C1. The Labute approximate surface area is 99.6 Å². The number of hydrogen-bond acceptors (Lipinski definition) is 1. The molecule has 16 heavy (non-hydrogen) atoms. The lowest BCUT2D eigenvalue weighted by Crippen LogP contribution is -2.26. The Balaban J connectivity index is 1.92. The average Bonchev–Trinajstić information content (AvgIpc) is 2.70. The number of rotatable bonds is 2. The van der Waals surface area contributed by atoms with Crippen LogP contribution < -0.4 is 0 Å². The molecule has 0 aliphatic carbocycles. The zero-order valence-corrected chi connectivity index (χ0v) is 9.65. The van der Waals surface area contributed by atoms with E-state index >= 15 is 0 Å². The molecule has 1 heterocycles. The first-order valence-corrected chi connectivity index (χ1v) is 5.75. The van der Waals surface area contributed by atoms with Gasteiger partial charge in [-0.3, -0.25) is 0 Å². The molecule has 0 bridgehead atoms. The molecule has 1 amide bonds. The van der Waals surface area contributed by atoms with Crippen LogP contribution in [0.2, 0.25) is 5.02 Å². The number of halogens is 1. The highest BCUT2D eigenvalue weighted by Gasteiger charge is 2.25. The second kappa shape index (κ2) is 4.74. The summed E-state index contributed by atoms with van der Waals surface area (Å²) in [6, 6.07) is 7.76. The van der Waals surface area contributed by atoms with Crippen molar-refractivity contribution in [3.63, 3.8) is 0 Å². The van der Waals surface area contributed by atoms with Crippen LogP contribution in [0.3, 0.4) is 0 Å². The summed E-state index contributed by atoms with van der Waals surface area (Å²) in [6.07, 6.45) is 1.08. The summed E-state index contributed by atoms with van der Waals surface area (Å²) >= 11 is 5.81. The quantitative estimate of drug-likeness (QED) is 0.862. The zero-order chi connectivity index (χ0) is 11.5. The maximum atomic E-state index is 10.8. The fraction of sp³-hybridized carbons (Fsp3) is 0.417. The van der Waals surface area contributed by atoms with E-state index in [1.54, 1.807) is 0 Å². The highest BCUT2D eigenvalue weighted by atomic mass is 35.5. The van der Waals surface area contributed by atoms with Gasteiger partial charge < -0.3 is 10.0 Å². The summed E-state index contributed by atoms with van der Waals surface area (Å²) in [5.41, 5.74) is 1.22. The maximum Gasteiger partial charge on any atom is 0.407 e. The Morgan fingerprint density at radius 2 is 2.12 bits per heavy atom. The van der Waals surface area contributed by atoms with Gasteiger partial charge >= 0.3 is 6.09 Å². The van der Waals surface area contributed by atoms with Gasteiger partial charge in [0, 0.05) is 18.1 Å². The van der Waals surface area contributed by atoms with Crippen LogP contribution >= 0.6 is 11.6 Å². The predicted molar refractivity (Wildman–Crippen MR) is 62.9 cm³/mol. The fourth-order valence-corrected chi connectivity index (χ4v) is 2.25. The average molecular weight is 240 g/mol. The highest BCUT2D eigenvalue weighted by Crippen LogP contribution is 2.21. The van der Waals surface area contributed by atoms with E-state index in [9.17, 15) is 4.79 Å². The Hall–Kier alpha value is -1.22. The highest BCUT2D eigenvalue weighted by molar-refractivity contribution is 6.30. The minimum Gasteiger partial charge on any atom is -0.465 e. The van der Waals surface area contributed by atoms with E-state index in [-0.39, 0.29) is 0 Å². The minimum absolute atomic E-state index is 0.442. The summed E-state index contributed by atoms with van der Waals surface area (Å²) in [6.45, 7) is 1.31. The first-order chi connectivity index (χ1) is 7.65. The van der Waals surface area contributed by atoms with Crippen LogP contribution in [0, 0.1) is 5.92 Å². The molecular formula is C12H14ClNO2. The molecule has 2 rings (SSSR count). The van der Waals surface area contributed by atoms with E-state index in [1.165, 1.54) is 10.5 Å². The molecular weight excluding hydrogens is 226 g/mol. The monoisotopic (exact) mass is 239 g/mol. The predicted octanol–water partition coefficient (Wildman–Crippen LogP) is 2.88. The number of hydrogen-bond donors (Lipinski definition) is 1. The van der Waals surface area contributed by atoms with E-state index in [1.807, 2.05) is 24.3 Å². The van der Waals surface area contributed by atoms with Gasteiger partial charge in [-0.1, -0.05) is 23.7 Å². The van der Waals surface area contributed by atoms with Crippen molar-refractivity contribution >= 4 is 17.7 Å². The lowest BCUT2D eigenvalue weighted by Gasteiger charge is -2.12. The molecule has 0 aromatic heterocycles. The second-order valence-electron chi connectivity index (χ2n) is 4.21. The summed E-state index contributed by atoms with van der Waals surface area (Å²) in [5.74, 6) is 0.442. The number of carbonyl (C=O) groups is 1. The van der Waals surface area contributed by atoms with Crippen LogP contribution in [0.25, 0.3) is 0 Å². The van der Waals surface area contributed by atoms with Crippen LogP contribution in [-0.2, 0) is 6.42 Å². The van der Waals surface area contributed by atoms with Gasteiger partial charge in [-0.25, -0.2) is 4.79 Å². The van der Waals surface area contributed by atoms with Crippen LogP contribution in [0.5, 0.6) is 0 Å². The lowest BCUT2D eigenvalue weighted by atomic mass is 9.99. The summed E-state index contributed by atoms with van der Waals surface area (Å²) in [7, 11) is 0. The van der Waals surface area contributed by atoms with Gasteiger partial charge in [0.1, 0.15) is 0 Å². The molecule has 1 fully saturated rings. The van der Waals surface area contributed by atoms with Gasteiger partial charge in [-0.05, 0) is 36.5 Å². The van der Waals surface area contributed by atoms with Crippen LogP contribution in [0.4, 0.5) is 4.79 Å². The molecule has 1 N–H and O–H groups in total. The van der Waals surface area contributed by atoms with E-state index < -0.39 is 6.09 Å². The third-order valence-electron chi connectivity index (χ3n) is 2.99. The Kier molecular flexibility index (Phi) is 3.34. The van der Waals surface area contributed by atoms with Crippen molar-refractivity contribution in [3.8, 4) is 0 Å². The normalized spacial score (nSPS) is 20.1. The van der Waals surface area contributed by atoms with Crippen LogP contribution in [0.1, 0.15) is 12.0 Å². The third kappa shape index (κ3) is 2.67. The summed E-state index contributed by atoms with van der Waals surface area (Å²) in [4.78, 5) is 12.2. The second-order valence-corrected chi connectivity index (χ2v) is 4.65. The Bertz CT molecular complexity index is 377. The standard InChI is InChI=1S/C12H14ClNO2/c13-11-3-1-9(2-4-11)7-10-5-6-14(8-10)12(15)16/h1-4,10H,5-8H2,(H,15,16). The molecule has 0 spiro atoms. The fourth-order valence-electron chi connectivity index (χ4n) is 2.13. The topological polar surface area (TPSA) is 40.5 Å². The molecule has 0 radical (unpaired) electrons. The van der Waals surface area contributed by atoms with E-state index in [2.05, 4.69) is 0 Å². The van der Waals surface area contributed by atoms with Gasteiger partial charge in [-0.15, -0.1) is 0 Å². The molecule has 1 unspecified atom stereocenters. The van der Waals surface area contributed by atoms with E-state index in [0.29, 0.717) is 19.0 Å². The molecule has 1 atom stereocenters. The molecule has 1 aliphatic heterocycles. The van der Waals surface area contributed by atoms with Gasteiger partial charge in [0.25, 0.3) is 0 Å². The molecule has 3 nitrogen and oxygen atoms in total. The maximum absolute atomic E-state index is 10.8. The first-order valence-electron chi connectivity index (χ1n) is 5.37. The molecule has 1 aromatic rings. The molecule has 1 saturated heterocycles. The minimum atomic E-state index is -0.807. The zero-order valence-electron chi connectivity index (χ0n) is 8.90. The molecule has 4 heteroatoms. The molecule has 0 saturated carbocycles. The first kappa shape index (κ1) is 11.3. The largest absolute Gasteiger partial charge is 0.465 e. The van der Waals surface area contributed by atoms with Crippen molar-refractivity contribution in [1.82, 2.24) is 4.90 Å². The summed E-state index contributed by atoms with van der Waals surface area (Å²) in [5, 5.41) is 9.58. The lowest BCUT2D eigenvalue weighted by molar-refractivity contribution is 0.154. The van der Waals surface area contributed by atoms with Crippen molar-refractivity contribution in [2.45, 2.75) is 12.8 Å². The summed E-state index contributed by atoms with van der Waals surface area (Å²) < 4.78 is 0. The van der Waals surface area contributed by atoms with E-state index in [4.69, 9.17) is 16.7 Å². The van der Waals surface area contributed by atoms with Crippen molar-refractivity contribution in [1.29, 1.82) is 0 Å². The molecule has 1 aliphatic rings. The Morgan fingerprint density at radius 1 is 1.44 bits per heavy atom. The van der Waals surface area contributed by atoms with Gasteiger partial charge in [0.2, 0.25) is 0 Å². The van der Waals surface area contributed by atoms with Crippen LogP contribution in [-0.4, -0.2) is 29.2 Å². The van der Waals surface area contributed by atoms with Gasteiger partial charge in [-0.2, -0.15) is 0 Å². The van der Waals surface area contributed by atoms with Crippen molar-refractivity contribution in [2.75, 3.05) is 13.1 Å². The van der Waals surface area contributed by atoms with E-state index in [0.717, 1.165) is 17.9 Å². The number of amides is 1. The van der Waals surface area contributed by atoms with Crippen molar-refractivity contribution in [2.24, 2.45) is 5.92 Å². The number of nitrogens with zero attached hydrogens (tertiary/aromatic N) is 1. The van der Waals surface area contributed by atoms with Gasteiger partial charge in [0.15, 0.2) is 0 Å². The Morgan fingerprint density at radius 3 is 2.69 bits per heavy atom. The number of likely N-dealkylation sites (tertiary alicyclic amines) is 1. The van der Waals surface area contributed by atoms with Crippen molar-refractivity contribution < 1.29 is 9.90 Å². The van der Waals surface area contributed by atoms with Gasteiger partial charge in [0.05, 0.1) is 0 Å². The number of benzene rings is 1. The smallest absolute Gasteiger partial charge is 0.407 e. The van der Waals surface area contributed by atoms with Crippen molar-refractivity contribution in [3.05, 3.63) is 34.9 Å². The number of carboxylic acid groups (broad SMARTS) is 1. The molecule has 86 valence electrons.